The molecule has 0 spiro atoms. The molecular weight excluding hydrogens is 360 g/mol. The molecule has 2 aliphatic rings. The molecule has 1 aliphatic heterocycles. The minimum absolute atomic E-state index is 0.0100. The summed E-state index contributed by atoms with van der Waals surface area (Å²) in [5.74, 6) is -0.123. The zero-order valence-corrected chi connectivity index (χ0v) is 16.2. The van der Waals surface area contributed by atoms with Gasteiger partial charge in [-0.05, 0) is 18.4 Å². The third kappa shape index (κ3) is 3.74. The fraction of sp³-hybridized carbons (Fsp3) is 0.500. The lowest BCUT2D eigenvalue weighted by atomic mass is 9.90. The maximum absolute atomic E-state index is 12.9. The molecule has 7 heteroatoms. The summed E-state index contributed by atoms with van der Waals surface area (Å²) in [6.07, 6.45) is 6.29. The molecule has 2 aromatic rings. The van der Waals surface area contributed by atoms with Gasteiger partial charge in [0.1, 0.15) is 5.01 Å². The second-order valence-electron chi connectivity index (χ2n) is 7.44. The highest BCUT2D eigenvalue weighted by molar-refractivity contribution is 7.15. The van der Waals surface area contributed by atoms with E-state index in [0.29, 0.717) is 11.0 Å². The summed E-state index contributed by atoms with van der Waals surface area (Å²) in [4.78, 5) is 26.9. The van der Waals surface area contributed by atoms with E-state index >= 15 is 0 Å². The van der Waals surface area contributed by atoms with Crippen molar-refractivity contribution in [1.82, 2.24) is 15.1 Å². The fourth-order valence-electron chi connectivity index (χ4n) is 4.21. The van der Waals surface area contributed by atoms with E-state index in [2.05, 4.69) is 15.5 Å². The average Bonchev–Trinajstić information content (AvgIpc) is 3.28. The van der Waals surface area contributed by atoms with Crippen LogP contribution in [0.2, 0.25) is 0 Å². The van der Waals surface area contributed by atoms with Crippen molar-refractivity contribution in [3.8, 4) is 0 Å². The highest BCUT2D eigenvalue weighted by Crippen LogP contribution is 2.39. The quantitative estimate of drug-likeness (QED) is 0.871. The van der Waals surface area contributed by atoms with Gasteiger partial charge in [0.2, 0.25) is 16.9 Å². The van der Waals surface area contributed by atoms with Crippen LogP contribution in [-0.4, -0.2) is 34.0 Å². The molecule has 0 bridgehead atoms. The third-order valence-electron chi connectivity index (χ3n) is 5.69. The second-order valence-corrected chi connectivity index (χ2v) is 8.45. The molecule has 142 valence electrons. The van der Waals surface area contributed by atoms with Crippen molar-refractivity contribution < 1.29 is 9.59 Å². The van der Waals surface area contributed by atoms with Crippen LogP contribution in [0, 0.1) is 5.92 Å². The van der Waals surface area contributed by atoms with E-state index in [4.69, 9.17) is 0 Å². The Hall–Kier alpha value is -2.28. The summed E-state index contributed by atoms with van der Waals surface area (Å²) < 4.78 is 0. The predicted molar refractivity (Wildman–Crippen MR) is 104 cm³/mol. The molecule has 1 saturated heterocycles. The average molecular weight is 385 g/mol. The van der Waals surface area contributed by atoms with Crippen LogP contribution in [-0.2, 0) is 9.59 Å². The minimum atomic E-state index is -0.424. The topological polar surface area (TPSA) is 75.2 Å². The Balaban J connectivity index is 1.48. The smallest absolute Gasteiger partial charge is 0.232 e. The van der Waals surface area contributed by atoms with Crippen molar-refractivity contribution >= 4 is 28.3 Å². The Morgan fingerprint density at radius 3 is 2.63 bits per heavy atom. The van der Waals surface area contributed by atoms with Crippen molar-refractivity contribution in [2.24, 2.45) is 5.92 Å². The number of carbonyl (C=O) groups excluding carboxylic acids is 2. The van der Waals surface area contributed by atoms with Crippen molar-refractivity contribution in [3.05, 3.63) is 40.9 Å². The molecule has 1 aromatic heterocycles. The van der Waals surface area contributed by atoms with Gasteiger partial charge in [-0.3, -0.25) is 9.59 Å². The van der Waals surface area contributed by atoms with Crippen molar-refractivity contribution in [2.45, 2.75) is 50.5 Å². The van der Waals surface area contributed by atoms with Gasteiger partial charge in [0.25, 0.3) is 0 Å². The van der Waals surface area contributed by atoms with Gasteiger partial charge >= 0.3 is 0 Å². The van der Waals surface area contributed by atoms with Gasteiger partial charge in [-0.15, -0.1) is 10.2 Å². The molecule has 2 amide bonds. The van der Waals surface area contributed by atoms with Crippen LogP contribution in [0.25, 0.3) is 0 Å². The molecule has 27 heavy (non-hydrogen) atoms. The predicted octanol–water partition coefficient (Wildman–Crippen LogP) is 3.74. The van der Waals surface area contributed by atoms with Gasteiger partial charge in [0, 0.05) is 19.4 Å². The van der Waals surface area contributed by atoms with Gasteiger partial charge < -0.3 is 10.2 Å². The number of anilines is 1. The lowest BCUT2D eigenvalue weighted by Crippen LogP contribution is -2.29. The molecule has 1 aromatic carbocycles. The number of benzene rings is 1. The largest absolute Gasteiger partial charge is 0.338 e. The first-order valence-electron chi connectivity index (χ1n) is 9.58. The van der Waals surface area contributed by atoms with Gasteiger partial charge in [-0.2, -0.15) is 0 Å². The first-order chi connectivity index (χ1) is 13.1. The Labute approximate surface area is 163 Å². The number of hydrogen-bond donors (Lipinski definition) is 1. The maximum atomic E-state index is 12.9. The fourth-order valence-corrected chi connectivity index (χ4v) is 5.12. The minimum Gasteiger partial charge on any atom is -0.338 e. The zero-order chi connectivity index (χ0) is 18.8. The van der Waals surface area contributed by atoms with Crippen LogP contribution in [0.1, 0.15) is 61.1 Å². The molecule has 1 aliphatic carbocycles. The number of nitrogens with zero attached hydrogens (tertiary/aromatic N) is 3. The van der Waals surface area contributed by atoms with Gasteiger partial charge in [0.05, 0.1) is 12.0 Å². The third-order valence-corrected chi connectivity index (χ3v) is 6.69. The molecule has 0 unspecified atom stereocenters. The second kappa shape index (κ2) is 7.76. The number of amides is 2. The van der Waals surface area contributed by atoms with Crippen LogP contribution in [0.4, 0.5) is 5.13 Å². The molecule has 4 rings (SSSR count). The molecule has 2 fully saturated rings. The monoisotopic (exact) mass is 384 g/mol. The van der Waals surface area contributed by atoms with Gasteiger partial charge in [-0.1, -0.05) is 60.9 Å². The van der Waals surface area contributed by atoms with Crippen LogP contribution in [0.15, 0.2) is 30.3 Å². The number of nitrogens with one attached hydrogen (secondary N) is 1. The summed E-state index contributed by atoms with van der Waals surface area (Å²) >= 11 is 1.47. The van der Waals surface area contributed by atoms with Crippen LogP contribution < -0.4 is 5.32 Å². The van der Waals surface area contributed by atoms with Gasteiger partial charge in [-0.25, -0.2) is 0 Å². The summed E-state index contributed by atoms with van der Waals surface area (Å²) in [6, 6.07) is 9.48. The lowest BCUT2D eigenvalue weighted by molar-refractivity contribution is -0.127. The Morgan fingerprint density at radius 1 is 1.15 bits per heavy atom. The molecule has 2 atom stereocenters. The number of aromatic nitrogens is 2. The molecule has 1 N–H and O–H groups in total. The molecule has 0 radical (unpaired) electrons. The number of likely N-dealkylation sites (tertiary alicyclic amines) is 1. The van der Waals surface area contributed by atoms with E-state index in [1.54, 1.807) is 11.9 Å². The maximum Gasteiger partial charge on any atom is 0.232 e. The van der Waals surface area contributed by atoms with E-state index in [9.17, 15) is 9.59 Å². The van der Waals surface area contributed by atoms with E-state index in [1.807, 2.05) is 30.3 Å². The van der Waals surface area contributed by atoms with Crippen molar-refractivity contribution in [2.75, 3.05) is 12.4 Å². The van der Waals surface area contributed by atoms with E-state index in [1.165, 1.54) is 30.6 Å². The summed E-state index contributed by atoms with van der Waals surface area (Å²) in [7, 11) is 1.76. The van der Waals surface area contributed by atoms with Crippen molar-refractivity contribution in [3.63, 3.8) is 0 Å². The highest BCUT2D eigenvalue weighted by atomic mass is 32.1. The molecule has 1 saturated carbocycles. The Kier molecular flexibility index (Phi) is 5.20. The molecule has 6 nitrogen and oxygen atoms in total. The number of carbonyl (C=O) groups is 2. The van der Waals surface area contributed by atoms with E-state index < -0.39 is 5.92 Å². The number of hydrogen-bond acceptors (Lipinski definition) is 5. The first-order valence-corrected chi connectivity index (χ1v) is 10.4. The summed E-state index contributed by atoms with van der Waals surface area (Å²) in [5, 5.41) is 12.9. The zero-order valence-electron chi connectivity index (χ0n) is 15.4. The van der Waals surface area contributed by atoms with Crippen molar-refractivity contribution in [1.29, 1.82) is 0 Å². The first kappa shape index (κ1) is 18.1. The summed E-state index contributed by atoms with van der Waals surface area (Å²) in [6.45, 7) is 0. The van der Waals surface area contributed by atoms with Gasteiger partial charge in [0.15, 0.2) is 0 Å². The normalized spacial score (nSPS) is 23.6. The SMILES string of the molecule is CN1C(=O)C[C@@H](C(=O)Nc2nnc(C3CCCCC3)s2)[C@H]1c1ccccc1. The summed E-state index contributed by atoms with van der Waals surface area (Å²) in [5.41, 5.74) is 0.978. The van der Waals surface area contributed by atoms with Crippen LogP contribution in [0.5, 0.6) is 0 Å². The lowest BCUT2D eigenvalue weighted by Gasteiger charge is -2.24. The standard InChI is InChI=1S/C20H24N4O2S/c1-24-16(25)12-15(17(24)13-8-4-2-5-9-13)18(26)21-20-23-22-19(27-20)14-10-6-3-7-11-14/h2,4-5,8-9,14-15,17H,3,6-7,10-12H2,1H3,(H,21,23,26)/t15-,17-/m1/s1. The molecular formula is C20H24N4O2S. The Bertz CT molecular complexity index is 816. The molecule has 2 heterocycles. The number of rotatable bonds is 4. The Morgan fingerprint density at radius 2 is 1.89 bits per heavy atom. The van der Waals surface area contributed by atoms with Crippen LogP contribution in [0.3, 0.4) is 0 Å². The highest BCUT2D eigenvalue weighted by Gasteiger charge is 2.42. The van der Waals surface area contributed by atoms with Crippen LogP contribution >= 0.6 is 11.3 Å². The van der Waals surface area contributed by atoms with E-state index in [-0.39, 0.29) is 24.3 Å². The van der Waals surface area contributed by atoms with E-state index in [0.717, 1.165) is 23.4 Å².